The van der Waals surface area contributed by atoms with Crippen LogP contribution in [0.5, 0.6) is 5.75 Å². The van der Waals surface area contributed by atoms with Crippen LogP contribution in [0, 0.1) is 19.8 Å². The van der Waals surface area contributed by atoms with E-state index in [4.69, 9.17) is 4.52 Å². The molecule has 1 aromatic carbocycles. The summed E-state index contributed by atoms with van der Waals surface area (Å²) in [6.45, 7) is 7.67. The number of aliphatic hydroxyl groups is 1. The maximum Gasteiger partial charge on any atom is 0.243 e. The zero-order chi connectivity index (χ0) is 25.3. The summed E-state index contributed by atoms with van der Waals surface area (Å²) in [5.41, 5.74) is 4.73. The van der Waals surface area contributed by atoms with Crippen molar-refractivity contribution in [2.75, 3.05) is 6.54 Å². The Labute approximate surface area is 207 Å². The number of aliphatic hydroxyl groups excluding tert-OH is 1. The van der Waals surface area contributed by atoms with Gasteiger partial charge in [-0.25, -0.2) is 4.98 Å². The van der Waals surface area contributed by atoms with Crippen LogP contribution < -0.4 is 5.32 Å². The van der Waals surface area contributed by atoms with Crippen LogP contribution in [-0.2, 0) is 16.1 Å². The molecule has 3 atom stereocenters. The Balaban J connectivity index is 1.46. The molecule has 1 aliphatic rings. The summed E-state index contributed by atoms with van der Waals surface area (Å²) in [4.78, 5) is 33.2. The van der Waals surface area contributed by atoms with Crippen LogP contribution in [0.15, 0.2) is 34.3 Å². The van der Waals surface area contributed by atoms with Crippen LogP contribution in [0.1, 0.15) is 48.9 Å². The van der Waals surface area contributed by atoms with Gasteiger partial charge >= 0.3 is 0 Å². The summed E-state index contributed by atoms with van der Waals surface area (Å²) in [6, 6.07) is 6.21. The van der Waals surface area contributed by atoms with Crippen molar-refractivity contribution in [3.8, 4) is 16.2 Å². The second-order valence-corrected chi connectivity index (χ2v) is 10.2. The molecule has 9 nitrogen and oxygen atoms in total. The number of amides is 2. The van der Waals surface area contributed by atoms with Crippen LogP contribution in [-0.4, -0.2) is 55.8 Å². The van der Waals surface area contributed by atoms with Gasteiger partial charge in [0, 0.05) is 31.1 Å². The van der Waals surface area contributed by atoms with E-state index in [1.807, 2.05) is 26.8 Å². The van der Waals surface area contributed by atoms with Gasteiger partial charge in [-0.15, -0.1) is 11.3 Å². The number of benzene rings is 1. The molecule has 10 heteroatoms. The molecule has 3 heterocycles. The van der Waals surface area contributed by atoms with Gasteiger partial charge in [0.15, 0.2) is 0 Å². The molecule has 0 spiro atoms. The quantitative estimate of drug-likeness (QED) is 0.456. The van der Waals surface area contributed by atoms with Gasteiger partial charge in [-0.2, -0.15) is 0 Å². The van der Waals surface area contributed by atoms with Crippen molar-refractivity contribution in [2.24, 2.45) is 5.92 Å². The first-order chi connectivity index (χ1) is 16.7. The molecular formula is C25H30N4O5S. The molecule has 186 valence electrons. The van der Waals surface area contributed by atoms with E-state index in [-0.39, 0.29) is 43.0 Å². The van der Waals surface area contributed by atoms with Crippen molar-refractivity contribution < 1.29 is 24.3 Å². The first kappa shape index (κ1) is 24.9. The number of rotatable bonds is 7. The third kappa shape index (κ3) is 5.23. The van der Waals surface area contributed by atoms with Gasteiger partial charge in [0.05, 0.1) is 27.9 Å². The summed E-state index contributed by atoms with van der Waals surface area (Å²) in [7, 11) is 0. The Kier molecular flexibility index (Phi) is 7.23. The molecule has 0 radical (unpaired) electrons. The Morgan fingerprint density at radius 2 is 2.06 bits per heavy atom. The van der Waals surface area contributed by atoms with E-state index in [0.29, 0.717) is 17.0 Å². The van der Waals surface area contributed by atoms with Crippen molar-refractivity contribution in [1.82, 2.24) is 20.4 Å². The van der Waals surface area contributed by atoms with Gasteiger partial charge in [-0.05, 0) is 31.4 Å². The molecule has 4 rings (SSSR count). The van der Waals surface area contributed by atoms with Crippen molar-refractivity contribution in [3.63, 3.8) is 0 Å². The van der Waals surface area contributed by atoms with Crippen LogP contribution in [0.4, 0.5) is 0 Å². The molecule has 0 unspecified atom stereocenters. The average Bonchev–Trinajstić information content (AvgIpc) is 3.52. The first-order valence-electron chi connectivity index (χ1n) is 11.6. The Hall–Kier alpha value is -3.24. The number of nitrogens with one attached hydrogen (secondary N) is 1. The summed E-state index contributed by atoms with van der Waals surface area (Å²) < 4.78 is 5.36. The monoisotopic (exact) mass is 498 g/mol. The van der Waals surface area contributed by atoms with Crippen LogP contribution in [0.25, 0.3) is 10.4 Å². The number of nitrogens with zero attached hydrogens (tertiary/aromatic N) is 3. The largest absolute Gasteiger partial charge is 0.508 e. The number of phenolic OH excluding ortho intramolecular Hbond substituents is 1. The third-order valence-corrected chi connectivity index (χ3v) is 7.27. The first-order valence-corrected chi connectivity index (χ1v) is 12.5. The summed E-state index contributed by atoms with van der Waals surface area (Å²) in [5.74, 6) is -0.842. The fourth-order valence-corrected chi connectivity index (χ4v) is 5.29. The standard InChI is InChI=1S/C25H30N4O5S/c1-13(2)22(21-7-14(3)28-34-21)25(33)29-11-18(30)9-19(29)24(32)26-10-17-6-5-16(8-20(17)31)23-15(4)27-12-35-23/h5-8,12-13,18-19,22,30-31H,9-11H2,1-4H3,(H,26,32)/t18-,19+,22-/m1/s1. The lowest BCUT2D eigenvalue weighted by atomic mass is 9.91. The number of thiazole rings is 1. The summed E-state index contributed by atoms with van der Waals surface area (Å²) >= 11 is 1.50. The Bertz CT molecular complexity index is 1220. The van der Waals surface area contributed by atoms with Gasteiger partial charge in [0.25, 0.3) is 0 Å². The Morgan fingerprint density at radius 1 is 1.29 bits per heavy atom. The van der Waals surface area contributed by atoms with Gasteiger partial charge < -0.3 is 25.0 Å². The molecule has 1 aliphatic heterocycles. The molecule has 35 heavy (non-hydrogen) atoms. The molecule has 2 aromatic heterocycles. The fraction of sp³-hybridized carbons (Fsp3) is 0.440. The minimum absolute atomic E-state index is 0.0653. The van der Waals surface area contributed by atoms with Gasteiger partial charge in [0.1, 0.15) is 23.5 Å². The number of hydrogen-bond acceptors (Lipinski definition) is 8. The highest BCUT2D eigenvalue weighted by molar-refractivity contribution is 7.13. The lowest BCUT2D eigenvalue weighted by Gasteiger charge is -2.28. The maximum absolute atomic E-state index is 13.5. The van der Waals surface area contributed by atoms with E-state index in [9.17, 15) is 19.8 Å². The van der Waals surface area contributed by atoms with Crippen LogP contribution in [0.2, 0.25) is 0 Å². The predicted molar refractivity (Wildman–Crippen MR) is 131 cm³/mol. The molecule has 2 amide bonds. The second kappa shape index (κ2) is 10.2. The maximum atomic E-state index is 13.5. The van der Waals surface area contributed by atoms with E-state index in [0.717, 1.165) is 16.1 Å². The number of aromatic nitrogens is 2. The molecule has 0 aliphatic carbocycles. The number of carbonyl (C=O) groups excluding carboxylic acids is 2. The van der Waals surface area contributed by atoms with Crippen molar-refractivity contribution >= 4 is 23.2 Å². The number of phenols is 1. The molecular weight excluding hydrogens is 468 g/mol. The molecule has 3 aromatic rings. The average molecular weight is 499 g/mol. The number of carbonyl (C=O) groups is 2. The zero-order valence-corrected chi connectivity index (χ0v) is 21.0. The minimum atomic E-state index is -0.816. The lowest BCUT2D eigenvalue weighted by molar-refractivity contribution is -0.141. The van der Waals surface area contributed by atoms with Crippen molar-refractivity contribution in [1.29, 1.82) is 0 Å². The fourth-order valence-electron chi connectivity index (χ4n) is 4.48. The minimum Gasteiger partial charge on any atom is -0.508 e. The molecule has 3 N–H and O–H groups in total. The van der Waals surface area contributed by atoms with E-state index < -0.39 is 18.1 Å². The number of likely N-dealkylation sites (tertiary alicyclic amines) is 1. The van der Waals surface area contributed by atoms with Crippen LogP contribution in [0.3, 0.4) is 0 Å². The third-order valence-electron chi connectivity index (χ3n) is 6.30. The Morgan fingerprint density at radius 3 is 2.66 bits per heavy atom. The van der Waals surface area contributed by atoms with Gasteiger partial charge in [-0.3, -0.25) is 9.59 Å². The topological polar surface area (TPSA) is 129 Å². The van der Waals surface area contributed by atoms with Crippen LogP contribution >= 0.6 is 11.3 Å². The van der Waals surface area contributed by atoms with E-state index in [1.54, 1.807) is 30.6 Å². The predicted octanol–water partition coefficient (Wildman–Crippen LogP) is 3.14. The highest BCUT2D eigenvalue weighted by Crippen LogP contribution is 2.33. The number of hydrogen-bond donors (Lipinski definition) is 3. The number of β-amino-alcohol motifs (C(OH)–C–C–N with tert-alkyl or cyclic N) is 1. The van der Waals surface area contributed by atoms with Gasteiger partial charge in [-0.1, -0.05) is 31.1 Å². The smallest absolute Gasteiger partial charge is 0.243 e. The van der Waals surface area contributed by atoms with Gasteiger partial charge in [0.2, 0.25) is 11.8 Å². The zero-order valence-electron chi connectivity index (χ0n) is 20.2. The highest BCUT2D eigenvalue weighted by Gasteiger charge is 2.43. The van der Waals surface area contributed by atoms with E-state index >= 15 is 0 Å². The highest BCUT2D eigenvalue weighted by atomic mass is 32.1. The normalized spacial score (nSPS) is 18.7. The number of aromatic hydroxyl groups is 1. The molecule has 1 fully saturated rings. The SMILES string of the molecule is Cc1cc([C@H](C(=O)N2C[C@H](O)C[C@H]2C(=O)NCc2ccc(-c3scnc3C)cc2O)C(C)C)on1. The van der Waals surface area contributed by atoms with Crippen molar-refractivity contribution in [2.45, 2.75) is 58.7 Å². The van der Waals surface area contributed by atoms with Crippen molar-refractivity contribution in [3.05, 3.63) is 52.5 Å². The lowest BCUT2D eigenvalue weighted by Crippen LogP contribution is -2.48. The number of aryl methyl sites for hydroxylation is 2. The molecule has 0 saturated carbocycles. The molecule has 1 saturated heterocycles. The summed E-state index contributed by atoms with van der Waals surface area (Å²) in [6.07, 6.45) is -0.651. The van der Waals surface area contributed by atoms with E-state index in [2.05, 4.69) is 15.5 Å². The molecule has 0 bridgehead atoms. The summed E-state index contributed by atoms with van der Waals surface area (Å²) in [5, 5.41) is 27.5. The second-order valence-electron chi connectivity index (χ2n) is 9.32. The van der Waals surface area contributed by atoms with E-state index in [1.165, 1.54) is 16.2 Å².